The van der Waals surface area contributed by atoms with Crippen molar-refractivity contribution in [3.8, 4) is 0 Å². The van der Waals surface area contributed by atoms with Gasteiger partial charge >= 0.3 is 6.09 Å². The predicted octanol–water partition coefficient (Wildman–Crippen LogP) is -1.55. The number of nitrogens with one attached hydrogen (secondary N) is 2. The molecule has 0 aromatic heterocycles. The molecule has 0 radical (unpaired) electrons. The maximum atomic E-state index is 11.3. The van der Waals surface area contributed by atoms with Gasteiger partial charge in [0.25, 0.3) is 5.84 Å². The van der Waals surface area contributed by atoms with Gasteiger partial charge in [0.2, 0.25) is 0 Å². The molecule has 104 valence electrons. The third-order valence-electron chi connectivity index (χ3n) is 2.31. The number of amides is 1. The second-order valence-electron chi connectivity index (χ2n) is 5.46. The first-order valence-electron chi connectivity index (χ1n) is 6.16. The molecule has 0 aliphatic heterocycles. The minimum atomic E-state index is -0.491. The first kappa shape index (κ1) is 14.6. The van der Waals surface area contributed by atoms with E-state index in [2.05, 4.69) is 10.4 Å². The molecule has 6 N–H and O–H groups in total. The Morgan fingerprint density at radius 1 is 1.50 bits per heavy atom. The van der Waals surface area contributed by atoms with Crippen LogP contribution in [0.3, 0.4) is 0 Å². The molecule has 0 heterocycles. The zero-order valence-electron chi connectivity index (χ0n) is 11.3. The number of alkyl carbamates (subject to hydrolysis) is 1. The number of ether oxygens (including phenoxy) is 1. The Bertz CT molecular complexity index is 320. The number of nitrogens with two attached hydrogens (primary N) is 2. The lowest BCUT2D eigenvalue weighted by Crippen LogP contribution is -2.88. The number of nitrogens with zero attached hydrogens (tertiary/aromatic N) is 1. The second kappa shape index (κ2) is 5.90. The van der Waals surface area contributed by atoms with Gasteiger partial charge in [-0.2, -0.15) is 10.2 Å². The lowest BCUT2D eigenvalue weighted by molar-refractivity contribution is -0.650. The summed E-state index contributed by atoms with van der Waals surface area (Å²) in [4.78, 5) is 11.3. The molecule has 0 bridgehead atoms. The van der Waals surface area contributed by atoms with Crippen LogP contribution in [0.5, 0.6) is 0 Å². The van der Waals surface area contributed by atoms with Crippen LogP contribution in [0.1, 0.15) is 33.6 Å². The lowest BCUT2D eigenvalue weighted by atomic mass is 10.2. The molecular formula is C11H24N5O2+. The van der Waals surface area contributed by atoms with Crippen molar-refractivity contribution in [1.29, 1.82) is 0 Å². The molecule has 1 aliphatic rings. The average Bonchev–Trinajstić information content (AvgIpc) is 2.96. The van der Waals surface area contributed by atoms with E-state index < -0.39 is 11.7 Å². The van der Waals surface area contributed by atoms with Gasteiger partial charge in [0.1, 0.15) is 5.60 Å². The van der Waals surface area contributed by atoms with Crippen molar-refractivity contribution in [1.82, 2.24) is 10.4 Å². The quantitative estimate of drug-likeness (QED) is 0.207. The van der Waals surface area contributed by atoms with E-state index in [1.54, 1.807) is 0 Å². The maximum absolute atomic E-state index is 11.3. The molecule has 0 aromatic rings. The van der Waals surface area contributed by atoms with Gasteiger partial charge in [-0.3, -0.25) is 5.73 Å². The van der Waals surface area contributed by atoms with E-state index in [9.17, 15) is 4.79 Å². The number of carbonyl (C=O) groups is 1. The molecule has 0 unspecified atom stereocenters. The molecule has 1 fully saturated rings. The maximum Gasteiger partial charge on any atom is 0.407 e. The summed E-state index contributed by atoms with van der Waals surface area (Å²) >= 11 is 0. The highest BCUT2D eigenvalue weighted by Crippen LogP contribution is 2.26. The highest BCUT2D eigenvalue weighted by molar-refractivity contribution is 5.79. The van der Waals surface area contributed by atoms with Crippen LogP contribution in [-0.4, -0.2) is 35.7 Å². The van der Waals surface area contributed by atoms with Crippen molar-refractivity contribution < 1.29 is 14.6 Å². The van der Waals surface area contributed by atoms with Gasteiger partial charge in [-0.15, -0.1) is 0 Å². The molecule has 0 spiro atoms. The SMILES string of the molecule is CC(C)(C)OC(=O)NCCN(N)[NH+]=C(N)C1CC1. The largest absolute Gasteiger partial charge is 0.444 e. The van der Waals surface area contributed by atoms with Crippen LogP contribution in [0.2, 0.25) is 0 Å². The molecule has 1 amide bonds. The van der Waals surface area contributed by atoms with E-state index in [1.807, 2.05) is 20.8 Å². The van der Waals surface area contributed by atoms with Crippen molar-refractivity contribution in [3.63, 3.8) is 0 Å². The van der Waals surface area contributed by atoms with Gasteiger partial charge in [0.05, 0.1) is 12.5 Å². The van der Waals surface area contributed by atoms with Gasteiger partial charge in [-0.05, 0) is 33.6 Å². The Labute approximate surface area is 107 Å². The summed E-state index contributed by atoms with van der Waals surface area (Å²) in [6.45, 7) is 6.26. The third kappa shape index (κ3) is 6.29. The number of hydrogen-bond acceptors (Lipinski definition) is 4. The summed E-state index contributed by atoms with van der Waals surface area (Å²) < 4.78 is 5.09. The van der Waals surface area contributed by atoms with Crippen molar-refractivity contribution in [3.05, 3.63) is 0 Å². The molecule has 1 aliphatic carbocycles. The smallest absolute Gasteiger partial charge is 0.407 e. The van der Waals surface area contributed by atoms with Crippen LogP contribution in [0, 0.1) is 5.92 Å². The summed E-state index contributed by atoms with van der Waals surface area (Å²) in [7, 11) is 0. The fourth-order valence-corrected chi connectivity index (χ4v) is 1.30. The summed E-state index contributed by atoms with van der Waals surface area (Å²) in [5.41, 5.74) is 5.28. The van der Waals surface area contributed by atoms with Gasteiger partial charge in [0, 0.05) is 6.54 Å². The molecule has 0 aromatic carbocycles. The third-order valence-corrected chi connectivity index (χ3v) is 2.31. The van der Waals surface area contributed by atoms with Crippen LogP contribution in [0.4, 0.5) is 4.79 Å². The zero-order valence-corrected chi connectivity index (χ0v) is 11.3. The molecule has 0 saturated heterocycles. The summed E-state index contributed by atoms with van der Waals surface area (Å²) in [6, 6.07) is 0. The summed E-state index contributed by atoms with van der Waals surface area (Å²) in [6.07, 6.45) is 1.78. The molecule has 18 heavy (non-hydrogen) atoms. The molecular weight excluding hydrogens is 234 g/mol. The van der Waals surface area contributed by atoms with E-state index >= 15 is 0 Å². The first-order valence-corrected chi connectivity index (χ1v) is 6.16. The van der Waals surface area contributed by atoms with Crippen molar-refractivity contribution >= 4 is 11.9 Å². The van der Waals surface area contributed by atoms with Crippen LogP contribution >= 0.6 is 0 Å². The molecule has 7 nitrogen and oxygen atoms in total. The van der Waals surface area contributed by atoms with Crippen LogP contribution < -0.4 is 22.0 Å². The van der Waals surface area contributed by atoms with Gasteiger partial charge in [0.15, 0.2) is 0 Å². The minimum absolute atomic E-state index is 0.385. The van der Waals surface area contributed by atoms with Crippen molar-refractivity contribution in [2.24, 2.45) is 17.5 Å². The number of hydrazine groups is 2. The summed E-state index contributed by atoms with van der Waals surface area (Å²) in [5, 5.41) is 6.86. The minimum Gasteiger partial charge on any atom is -0.444 e. The Morgan fingerprint density at radius 3 is 2.61 bits per heavy atom. The average molecular weight is 258 g/mol. The van der Waals surface area contributed by atoms with Crippen LogP contribution in [0.15, 0.2) is 0 Å². The second-order valence-corrected chi connectivity index (χ2v) is 5.46. The molecule has 1 saturated carbocycles. The highest BCUT2D eigenvalue weighted by Gasteiger charge is 2.30. The standard InChI is InChI=1S/C11H23N5O2/c1-11(2,3)18-10(17)14-6-7-16(13)15-9(12)8-4-5-8/h8H,4-7,13H2,1-3H3,(H2,12,15)(H,14,17)/p+1. The van der Waals surface area contributed by atoms with Crippen molar-refractivity contribution in [2.45, 2.75) is 39.2 Å². The Balaban J connectivity index is 2.17. The number of amidine groups is 1. The predicted molar refractivity (Wildman–Crippen MR) is 68.0 cm³/mol. The summed E-state index contributed by atoms with van der Waals surface area (Å²) in [5.74, 6) is 6.81. The van der Waals surface area contributed by atoms with Gasteiger partial charge in [-0.1, -0.05) is 0 Å². The topological polar surface area (TPSA) is 108 Å². The number of hydrazone groups is 1. The molecule has 7 heteroatoms. The number of rotatable bonds is 5. The normalized spacial score (nSPS) is 16.3. The van der Waals surface area contributed by atoms with Gasteiger partial charge in [-0.25, -0.2) is 10.6 Å². The Kier molecular flexibility index (Phi) is 4.77. The zero-order chi connectivity index (χ0) is 13.8. The van der Waals surface area contributed by atoms with Crippen LogP contribution in [0.25, 0.3) is 0 Å². The van der Waals surface area contributed by atoms with E-state index in [-0.39, 0.29) is 0 Å². The lowest BCUT2D eigenvalue weighted by Gasteiger charge is -2.20. The molecule has 1 rings (SSSR count). The van der Waals surface area contributed by atoms with Crippen molar-refractivity contribution in [2.75, 3.05) is 13.1 Å². The molecule has 0 atom stereocenters. The van der Waals surface area contributed by atoms with E-state index in [0.29, 0.717) is 24.8 Å². The number of hydrogen-bond donors (Lipinski definition) is 4. The Morgan fingerprint density at radius 2 is 2.11 bits per heavy atom. The highest BCUT2D eigenvalue weighted by atomic mass is 16.6. The fourth-order valence-electron chi connectivity index (χ4n) is 1.30. The monoisotopic (exact) mass is 258 g/mol. The van der Waals surface area contributed by atoms with E-state index in [4.69, 9.17) is 16.3 Å². The van der Waals surface area contributed by atoms with Crippen LogP contribution in [-0.2, 0) is 4.74 Å². The Hall–Kier alpha value is -1.50. The number of carbonyl (C=O) groups excluding carboxylic acids is 1. The van der Waals surface area contributed by atoms with Gasteiger partial charge < -0.3 is 10.1 Å². The van der Waals surface area contributed by atoms with E-state index in [0.717, 1.165) is 12.8 Å². The van der Waals surface area contributed by atoms with E-state index in [1.165, 1.54) is 5.12 Å². The fraction of sp³-hybridized carbons (Fsp3) is 0.818. The first-order chi connectivity index (χ1) is 8.28.